The molecule has 12 nitrogen and oxygen atoms in total. The van der Waals surface area contributed by atoms with E-state index in [2.05, 4.69) is 98.2 Å². The second-order valence-electron chi connectivity index (χ2n) is 12.5. The smallest absolute Gasteiger partial charge is 0.354 e. The SMILES string of the molecule is CC#CC#CC#CC#CC#CC#CC(=O)Nc1cccc(-c2nc(=O)n3c(c2C#N)C(C#N)=C(c2ccccc2)C3=Nc2ccc(N(CC)CCNS(C)(=O)=O)cc2C)c1. The highest BCUT2D eigenvalue weighted by atomic mass is 32.2. The molecule has 1 aliphatic rings. The number of aromatic nitrogens is 2. The van der Waals surface area contributed by atoms with Crippen LogP contribution >= 0.6 is 0 Å². The molecule has 3 aromatic carbocycles. The fourth-order valence-corrected chi connectivity index (χ4v) is 6.39. The normalized spacial score (nSPS) is 11.3. The maximum atomic E-state index is 14.1. The van der Waals surface area contributed by atoms with Gasteiger partial charge in [0.2, 0.25) is 10.0 Å². The molecule has 0 spiro atoms. The van der Waals surface area contributed by atoms with E-state index in [0.717, 1.165) is 17.5 Å². The molecule has 0 saturated carbocycles. The number of aliphatic imine (C=N–C) groups is 1. The number of amides is 1. The van der Waals surface area contributed by atoms with Gasteiger partial charge < -0.3 is 10.2 Å². The van der Waals surface area contributed by atoms with Gasteiger partial charge in [-0.1, -0.05) is 48.4 Å². The Balaban J connectivity index is 1.53. The van der Waals surface area contributed by atoms with E-state index < -0.39 is 21.6 Å². The van der Waals surface area contributed by atoms with Crippen LogP contribution < -0.4 is 20.6 Å². The summed E-state index contributed by atoms with van der Waals surface area (Å²) >= 11 is 0. The van der Waals surface area contributed by atoms with Crippen molar-refractivity contribution in [2.24, 2.45) is 4.99 Å². The van der Waals surface area contributed by atoms with Crippen molar-refractivity contribution < 1.29 is 13.2 Å². The number of nitriles is 2. The number of likely N-dealkylation sites (N-methyl/N-ethyl adjacent to an activating group) is 1. The number of hydrogen-bond donors (Lipinski definition) is 2. The van der Waals surface area contributed by atoms with E-state index in [-0.39, 0.29) is 34.9 Å². The standard InChI is InChI=1S/C47H32N8O4S/c1-5-7-8-9-10-11-12-13-14-15-19-25-42(56)51-37-24-20-23-36(31-37)44-40(33-49)45-39(32-48)43(35-21-17-16-18-22-35)46(55(45)47(57)53-44)52-41-27-26-38(30-34(41)3)54(6-2)29-28-50-60(4,58)59/h16-18,20-24,26-27,30-31,50H,6,28-29H2,1-4H3,(H,51,56). The van der Waals surface area contributed by atoms with Gasteiger partial charge in [0.25, 0.3) is 0 Å². The van der Waals surface area contributed by atoms with Crippen molar-refractivity contribution in [3.05, 3.63) is 106 Å². The minimum absolute atomic E-state index is 0.000266. The van der Waals surface area contributed by atoms with Crippen molar-refractivity contribution in [2.45, 2.75) is 20.8 Å². The molecule has 0 unspecified atom stereocenters. The summed E-state index contributed by atoms with van der Waals surface area (Å²) in [5.41, 5.74) is 2.85. The van der Waals surface area contributed by atoms with E-state index in [4.69, 9.17) is 4.99 Å². The molecular weight excluding hydrogens is 773 g/mol. The highest BCUT2D eigenvalue weighted by Crippen LogP contribution is 2.39. The van der Waals surface area contributed by atoms with Crippen molar-refractivity contribution in [3.8, 4) is 94.4 Å². The Morgan fingerprint density at radius 2 is 1.53 bits per heavy atom. The number of benzene rings is 3. The zero-order chi connectivity index (χ0) is 43.1. The molecule has 1 aromatic heterocycles. The number of carbonyl (C=O) groups excluding carboxylic acids is 1. The van der Waals surface area contributed by atoms with Gasteiger partial charge in [-0.2, -0.15) is 15.5 Å². The summed E-state index contributed by atoms with van der Waals surface area (Å²) < 4.78 is 26.9. The third-order valence-corrected chi connectivity index (χ3v) is 9.19. The highest BCUT2D eigenvalue weighted by Gasteiger charge is 2.35. The zero-order valence-corrected chi connectivity index (χ0v) is 33.6. The van der Waals surface area contributed by atoms with Crippen LogP contribution in [0.5, 0.6) is 0 Å². The first-order valence-electron chi connectivity index (χ1n) is 18.0. The van der Waals surface area contributed by atoms with Gasteiger partial charge in [0.05, 0.1) is 28.9 Å². The van der Waals surface area contributed by atoms with Crippen molar-refractivity contribution in [3.63, 3.8) is 0 Å². The van der Waals surface area contributed by atoms with Crippen LogP contribution in [-0.2, 0) is 14.8 Å². The molecule has 1 amide bonds. The molecule has 0 fully saturated rings. The summed E-state index contributed by atoms with van der Waals surface area (Å²) in [7, 11) is -3.35. The number of sulfonamides is 1. The predicted octanol–water partition coefficient (Wildman–Crippen LogP) is 4.47. The summed E-state index contributed by atoms with van der Waals surface area (Å²) in [5.74, 6) is 29.3. The average Bonchev–Trinajstić information content (AvgIpc) is 3.56. The minimum Gasteiger partial charge on any atom is -0.370 e. The van der Waals surface area contributed by atoms with Crippen LogP contribution in [0.3, 0.4) is 0 Å². The topological polar surface area (TPSA) is 173 Å². The molecule has 4 aromatic rings. The van der Waals surface area contributed by atoms with E-state index >= 15 is 0 Å². The van der Waals surface area contributed by atoms with Crippen LogP contribution in [0.15, 0.2) is 82.6 Å². The van der Waals surface area contributed by atoms with Gasteiger partial charge in [-0.25, -0.2) is 27.5 Å². The first-order valence-corrected chi connectivity index (χ1v) is 19.9. The highest BCUT2D eigenvalue weighted by molar-refractivity contribution is 7.88. The minimum atomic E-state index is -3.35. The zero-order valence-electron chi connectivity index (χ0n) is 32.8. The largest absolute Gasteiger partial charge is 0.370 e. The van der Waals surface area contributed by atoms with Crippen LogP contribution in [0.4, 0.5) is 17.1 Å². The molecule has 13 heteroatoms. The molecule has 0 radical (unpaired) electrons. The van der Waals surface area contributed by atoms with Gasteiger partial charge in [-0.3, -0.25) is 4.79 Å². The number of nitrogens with zero attached hydrogens (tertiary/aromatic N) is 6. The third-order valence-electron chi connectivity index (χ3n) is 8.46. The van der Waals surface area contributed by atoms with E-state index in [9.17, 15) is 28.5 Å². The fraction of sp³-hybridized carbons (Fsp3) is 0.149. The van der Waals surface area contributed by atoms with E-state index in [1.807, 2.05) is 36.9 Å². The molecule has 290 valence electrons. The maximum absolute atomic E-state index is 14.1. The Hall–Kier alpha value is -8.53. The average molecular weight is 805 g/mol. The number of aryl methyl sites for hydroxylation is 1. The van der Waals surface area contributed by atoms with Gasteiger partial charge in [0.15, 0.2) is 5.84 Å². The van der Waals surface area contributed by atoms with Crippen LogP contribution in [-0.4, -0.2) is 55.6 Å². The molecule has 0 bridgehead atoms. The Morgan fingerprint density at radius 3 is 2.15 bits per heavy atom. The molecule has 5 rings (SSSR count). The van der Waals surface area contributed by atoms with Gasteiger partial charge in [-0.15, -0.1) is 0 Å². The number of fused-ring (bicyclic) bond motifs is 1. The molecule has 0 atom stereocenters. The Bertz CT molecular complexity index is 3130. The van der Waals surface area contributed by atoms with Crippen LogP contribution in [0.25, 0.3) is 22.4 Å². The van der Waals surface area contributed by atoms with Crippen molar-refractivity contribution in [1.29, 1.82) is 10.5 Å². The molecule has 0 aliphatic carbocycles. The number of rotatable bonds is 10. The molecule has 60 heavy (non-hydrogen) atoms. The third kappa shape index (κ3) is 10.6. The van der Waals surface area contributed by atoms with Crippen molar-refractivity contribution in [1.82, 2.24) is 14.3 Å². The fourth-order valence-electron chi connectivity index (χ4n) is 5.92. The van der Waals surface area contributed by atoms with Gasteiger partial charge in [0.1, 0.15) is 17.7 Å². The summed E-state index contributed by atoms with van der Waals surface area (Å²) in [6.45, 7) is 6.73. The molecule has 2 heterocycles. The number of carbonyl (C=O) groups is 1. The molecular formula is C47H32N8O4S. The summed E-state index contributed by atoms with van der Waals surface area (Å²) in [4.78, 5) is 38.0. The number of nitrogens with one attached hydrogen (secondary N) is 2. The first kappa shape index (κ1) is 42.6. The Morgan fingerprint density at radius 1 is 0.867 bits per heavy atom. The molecule has 1 aliphatic heterocycles. The van der Waals surface area contributed by atoms with Crippen molar-refractivity contribution in [2.75, 3.05) is 36.1 Å². The molecule has 2 N–H and O–H groups in total. The molecule has 0 saturated heterocycles. The van der Waals surface area contributed by atoms with Crippen LogP contribution in [0, 0.1) is 101 Å². The lowest BCUT2D eigenvalue weighted by Gasteiger charge is -2.24. The monoisotopic (exact) mass is 804 g/mol. The van der Waals surface area contributed by atoms with Gasteiger partial charge >= 0.3 is 11.6 Å². The summed E-state index contributed by atoms with van der Waals surface area (Å²) in [5, 5.41) is 24.0. The van der Waals surface area contributed by atoms with Crippen molar-refractivity contribution >= 4 is 50.0 Å². The Labute approximate surface area is 348 Å². The van der Waals surface area contributed by atoms with E-state index in [1.54, 1.807) is 55.5 Å². The lowest BCUT2D eigenvalue weighted by Crippen LogP contribution is -2.34. The summed E-state index contributed by atoms with van der Waals surface area (Å²) in [6.07, 6.45) is 1.11. The number of anilines is 2. The van der Waals surface area contributed by atoms with Gasteiger partial charge in [-0.05, 0) is 121 Å². The Kier molecular flexibility index (Phi) is 14.2. The predicted molar refractivity (Wildman–Crippen MR) is 233 cm³/mol. The lowest BCUT2D eigenvalue weighted by atomic mass is 9.97. The maximum Gasteiger partial charge on any atom is 0.354 e. The second-order valence-corrected chi connectivity index (χ2v) is 14.3. The van der Waals surface area contributed by atoms with Crippen LogP contribution in [0.2, 0.25) is 0 Å². The van der Waals surface area contributed by atoms with Crippen LogP contribution in [0.1, 0.15) is 36.2 Å². The second kappa shape index (κ2) is 20.1. The van der Waals surface area contributed by atoms with E-state index in [1.165, 1.54) is 10.6 Å². The quantitative estimate of drug-likeness (QED) is 0.221. The number of hydrogen-bond acceptors (Lipinski definition) is 9. The first-order chi connectivity index (χ1) is 29.0. The summed E-state index contributed by atoms with van der Waals surface area (Å²) in [6, 6.07) is 25.2. The van der Waals surface area contributed by atoms with E-state index in [0.29, 0.717) is 41.2 Å². The lowest BCUT2D eigenvalue weighted by molar-refractivity contribution is -0.111. The number of allylic oxidation sites excluding steroid dienone is 2. The van der Waals surface area contributed by atoms with Gasteiger partial charge in [0, 0.05) is 48.1 Å².